The molecule has 116 valence electrons. The summed E-state index contributed by atoms with van der Waals surface area (Å²) in [6.45, 7) is 2.98. The number of hydrogen-bond acceptors (Lipinski definition) is 4. The molecule has 1 aromatic heterocycles. The molecule has 3 atom stereocenters. The van der Waals surface area contributed by atoms with Crippen molar-refractivity contribution in [3.8, 4) is 0 Å². The van der Waals surface area contributed by atoms with E-state index in [9.17, 15) is 4.79 Å². The van der Waals surface area contributed by atoms with Gasteiger partial charge in [-0.05, 0) is 37.9 Å². The molecule has 3 N–H and O–H groups in total. The Balaban J connectivity index is 2.32. The lowest BCUT2D eigenvalue weighted by atomic mass is 9.93. The van der Waals surface area contributed by atoms with E-state index in [0.717, 1.165) is 37.9 Å². The summed E-state index contributed by atoms with van der Waals surface area (Å²) in [5.41, 5.74) is 7.33. The standard InChI is InChI=1S/C16H26N4O/c1-3-12(17)15(13-8-4-6-10-19-13)20-11-7-5-9-14(20)16(21)18-2/h4,6,8,10,12,14-15H,3,5,7,9,11,17H2,1-2H3,(H,18,21). The number of carbonyl (C=O) groups excluding carboxylic acids is 1. The van der Waals surface area contributed by atoms with Crippen LogP contribution in [-0.4, -0.2) is 41.5 Å². The molecule has 2 heterocycles. The first-order chi connectivity index (χ1) is 10.2. The fraction of sp³-hybridized carbons (Fsp3) is 0.625. The number of carbonyl (C=O) groups is 1. The van der Waals surface area contributed by atoms with E-state index in [-0.39, 0.29) is 24.0 Å². The monoisotopic (exact) mass is 290 g/mol. The zero-order valence-electron chi connectivity index (χ0n) is 13.0. The summed E-state index contributed by atoms with van der Waals surface area (Å²) >= 11 is 0. The predicted octanol–water partition coefficient (Wildman–Crippen LogP) is 1.46. The lowest BCUT2D eigenvalue weighted by molar-refractivity contribution is -0.128. The van der Waals surface area contributed by atoms with Crippen molar-refractivity contribution in [3.63, 3.8) is 0 Å². The first-order valence-electron chi connectivity index (χ1n) is 7.82. The summed E-state index contributed by atoms with van der Waals surface area (Å²) in [5, 5.41) is 2.79. The Morgan fingerprint density at radius 3 is 2.95 bits per heavy atom. The summed E-state index contributed by atoms with van der Waals surface area (Å²) < 4.78 is 0. The summed E-state index contributed by atoms with van der Waals surface area (Å²) in [7, 11) is 1.70. The first-order valence-corrected chi connectivity index (χ1v) is 7.82. The van der Waals surface area contributed by atoms with Gasteiger partial charge in [0.1, 0.15) is 0 Å². The van der Waals surface area contributed by atoms with Crippen LogP contribution >= 0.6 is 0 Å². The molecular weight excluding hydrogens is 264 g/mol. The van der Waals surface area contributed by atoms with Crippen molar-refractivity contribution < 1.29 is 4.79 Å². The van der Waals surface area contributed by atoms with Crippen LogP contribution in [-0.2, 0) is 4.79 Å². The maximum Gasteiger partial charge on any atom is 0.237 e. The Labute approximate surface area is 126 Å². The number of likely N-dealkylation sites (tertiary alicyclic amines) is 1. The van der Waals surface area contributed by atoms with Crippen LogP contribution in [0.4, 0.5) is 0 Å². The molecule has 1 aliphatic rings. The molecule has 1 fully saturated rings. The summed E-state index contributed by atoms with van der Waals surface area (Å²) in [4.78, 5) is 18.9. The maximum atomic E-state index is 12.2. The quantitative estimate of drug-likeness (QED) is 0.861. The van der Waals surface area contributed by atoms with Crippen LogP contribution in [0.3, 0.4) is 0 Å². The third-order valence-corrected chi connectivity index (χ3v) is 4.32. The molecule has 1 aromatic rings. The van der Waals surface area contributed by atoms with E-state index in [1.165, 1.54) is 0 Å². The predicted molar refractivity (Wildman–Crippen MR) is 83.7 cm³/mol. The number of pyridine rings is 1. The van der Waals surface area contributed by atoms with Gasteiger partial charge in [0.05, 0.1) is 17.8 Å². The van der Waals surface area contributed by atoms with Gasteiger partial charge in [-0.1, -0.05) is 19.4 Å². The van der Waals surface area contributed by atoms with Gasteiger partial charge in [-0.2, -0.15) is 0 Å². The normalized spacial score (nSPS) is 22.5. The zero-order valence-corrected chi connectivity index (χ0v) is 13.0. The number of amides is 1. The molecule has 0 saturated carbocycles. The van der Waals surface area contributed by atoms with E-state index >= 15 is 0 Å². The molecule has 1 saturated heterocycles. The second-order valence-corrected chi connectivity index (χ2v) is 5.64. The molecule has 2 rings (SSSR count). The highest BCUT2D eigenvalue weighted by Crippen LogP contribution is 2.30. The highest BCUT2D eigenvalue weighted by molar-refractivity contribution is 5.81. The van der Waals surface area contributed by atoms with E-state index < -0.39 is 0 Å². The van der Waals surface area contributed by atoms with Crippen molar-refractivity contribution in [2.24, 2.45) is 5.73 Å². The second kappa shape index (κ2) is 7.52. The molecule has 1 amide bonds. The average Bonchev–Trinajstić information content (AvgIpc) is 2.55. The SMILES string of the molecule is CCC(N)C(c1ccccn1)N1CCCCC1C(=O)NC. The molecule has 0 bridgehead atoms. The Morgan fingerprint density at radius 1 is 1.52 bits per heavy atom. The Bertz CT molecular complexity index is 451. The number of nitrogens with zero attached hydrogens (tertiary/aromatic N) is 2. The van der Waals surface area contributed by atoms with Gasteiger partial charge in [0.15, 0.2) is 0 Å². The Hall–Kier alpha value is -1.46. The Morgan fingerprint density at radius 2 is 2.33 bits per heavy atom. The van der Waals surface area contributed by atoms with Crippen LogP contribution in [0.15, 0.2) is 24.4 Å². The average molecular weight is 290 g/mol. The van der Waals surface area contributed by atoms with Crippen LogP contribution in [0, 0.1) is 0 Å². The fourth-order valence-electron chi connectivity index (χ4n) is 3.14. The highest BCUT2D eigenvalue weighted by Gasteiger charge is 2.36. The van der Waals surface area contributed by atoms with E-state index in [1.54, 1.807) is 13.2 Å². The Kier molecular flexibility index (Phi) is 5.70. The van der Waals surface area contributed by atoms with E-state index in [0.29, 0.717) is 0 Å². The highest BCUT2D eigenvalue weighted by atomic mass is 16.2. The van der Waals surface area contributed by atoms with E-state index in [2.05, 4.69) is 22.1 Å². The van der Waals surface area contributed by atoms with Crippen LogP contribution in [0.2, 0.25) is 0 Å². The maximum absolute atomic E-state index is 12.2. The van der Waals surface area contributed by atoms with Gasteiger partial charge in [0, 0.05) is 19.3 Å². The molecular formula is C16H26N4O. The minimum Gasteiger partial charge on any atom is -0.358 e. The first kappa shape index (κ1) is 15.9. The van der Waals surface area contributed by atoms with E-state index in [1.807, 2.05) is 18.2 Å². The fourth-order valence-corrected chi connectivity index (χ4v) is 3.14. The molecule has 0 radical (unpaired) electrons. The third-order valence-electron chi connectivity index (χ3n) is 4.32. The molecule has 3 unspecified atom stereocenters. The lowest BCUT2D eigenvalue weighted by Gasteiger charge is -2.42. The molecule has 1 aliphatic heterocycles. The van der Waals surface area contributed by atoms with Crippen molar-refractivity contribution in [2.75, 3.05) is 13.6 Å². The van der Waals surface area contributed by atoms with Crippen LogP contribution in [0.5, 0.6) is 0 Å². The van der Waals surface area contributed by atoms with Crippen molar-refractivity contribution in [1.82, 2.24) is 15.2 Å². The van der Waals surface area contributed by atoms with Gasteiger partial charge in [-0.3, -0.25) is 14.7 Å². The number of hydrogen-bond donors (Lipinski definition) is 2. The number of nitrogens with two attached hydrogens (primary N) is 1. The van der Waals surface area contributed by atoms with Gasteiger partial charge in [0.2, 0.25) is 5.91 Å². The smallest absolute Gasteiger partial charge is 0.237 e. The van der Waals surface area contributed by atoms with Crippen molar-refractivity contribution in [1.29, 1.82) is 0 Å². The van der Waals surface area contributed by atoms with Gasteiger partial charge in [-0.25, -0.2) is 0 Å². The van der Waals surface area contributed by atoms with Crippen LogP contribution in [0.1, 0.15) is 44.3 Å². The van der Waals surface area contributed by atoms with Crippen molar-refractivity contribution in [2.45, 2.75) is 50.7 Å². The van der Waals surface area contributed by atoms with Crippen LogP contribution in [0.25, 0.3) is 0 Å². The molecule has 0 aliphatic carbocycles. The second-order valence-electron chi connectivity index (χ2n) is 5.64. The molecule has 5 nitrogen and oxygen atoms in total. The van der Waals surface area contributed by atoms with E-state index in [4.69, 9.17) is 5.73 Å². The van der Waals surface area contributed by atoms with Crippen molar-refractivity contribution >= 4 is 5.91 Å². The number of piperidine rings is 1. The summed E-state index contributed by atoms with van der Waals surface area (Å²) in [5.74, 6) is 0.0823. The summed E-state index contributed by atoms with van der Waals surface area (Å²) in [6.07, 6.45) is 5.74. The number of rotatable bonds is 5. The number of aromatic nitrogens is 1. The molecule has 0 spiro atoms. The van der Waals surface area contributed by atoms with Gasteiger partial charge < -0.3 is 11.1 Å². The number of nitrogens with one attached hydrogen (secondary N) is 1. The lowest BCUT2D eigenvalue weighted by Crippen LogP contribution is -2.53. The third kappa shape index (κ3) is 3.60. The number of likely N-dealkylation sites (N-methyl/N-ethyl adjacent to an activating group) is 1. The molecule has 5 heteroatoms. The largest absolute Gasteiger partial charge is 0.358 e. The minimum atomic E-state index is -0.103. The zero-order chi connectivity index (χ0) is 15.2. The van der Waals surface area contributed by atoms with Crippen LogP contribution < -0.4 is 11.1 Å². The molecule has 0 aromatic carbocycles. The van der Waals surface area contributed by atoms with Crippen molar-refractivity contribution in [3.05, 3.63) is 30.1 Å². The topological polar surface area (TPSA) is 71.2 Å². The van der Waals surface area contributed by atoms with Gasteiger partial charge >= 0.3 is 0 Å². The minimum absolute atomic E-state index is 0.00111. The molecule has 21 heavy (non-hydrogen) atoms. The van der Waals surface area contributed by atoms with Gasteiger partial charge in [-0.15, -0.1) is 0 Å². The summed E-state index contributed by atoms with van der Waals surface area (Å²) in [6, 6.07) is 5.77. The van der Waals surface area contributed by atoms with Gasteiger partial charge in [0.25, 0.3) is 0 Å².